The zero-order valence-electron chi connectivity index (χ0n) is 8.75. The summed E-state index contributed by atoms with van der Waals surface area (Å²) in [6.45, 7) is 3.54. The molecule has 1 rings (SSSR count). The number of hydrogen-bond acceptors (Lipinski definition) is 2. The summed E-state index contributed by atoms with van der Waals surface area (Å²) in [4.78, 5) is 2.98. The van der Waals surface area contributed by atoms with Gasteiger partial charge in [-0.05, 0) is 19.1 Å². The van der Waals surface area contributed by atoms with Crippen molar-refractivity contribution >= 4 is 18.1 Å². The number of nitrogens with zero attached hydrogens (tertiary/aromatic N) is 2. The second-order valence-corrected chi connectivity index (χ2v) is 5.48. The van der Waals surface area contributed by atoms with Gasteiger partial charge in [0.25, 0.3) is 0 Å². The summed E-state index contributed by atoms with van der Waals surface area (Å²) in [5.74, 6) is 0. The summed E-state index contributed by atoms with van der Waals surface area (Å²) in [6.07, 6.45) is 0. The normalized spacial score (nSPS) is 14.0. The molecule has 0 radical (unpaired) electrons. The van der Waals surface area contributed by atoms with Gasteiger partial charge in [0.2, 0.25) is 0 Å². The molecule has 0 aliphatic heterocycles. The predicted molar refractivity (Wildman–Crippen MR) is 59.6 cm³/mol. The van der Waals surface area contributed by atoms with E-state index in [0.717, 1.165) is 0 Å². The van der Waals surface area contributed by atoms with E-state index in [9.17, 15) is 4.57 Å². The maximum atomic E-state index is 12.4. The van der Waals surface area contributed by atoms with Crippen LogP contribution in [0.3, 0.4) is 0 Å². The molecule has 0 saturated heterocycles. The van der Waals surface area contributed by atoms with Gasteiger partial charge in [0.1, 0.15) is 0 Å². The van der Waals surface area contributed by atoms with Crippen LogP contribution in [0.1, 0.15) is 13.8 Å². The highest BCUT2D eigenvalue weighted by atomic mass is 31.2. The fourth-order valence-electron chi connectivity index (χ4n) is 1.22. The Morgan fingerprint density at radius 3 is 2.53 bits per heavy atom. The summed E-state index contributed by atoms with van der Waals surface area (Å²) in [5, 5.41) is 0.544. The Balaban J connectivity index is 3.25. The molecule has 1 aromatic rings. The molecule has 1 aromatic carbocycles. The SMILES string of the molecule is CCOP(=O)(C(C)=[N+]=[N-])c1ccccc1. The lowest BCUT2D eigenvalue weighted by Gasteiger charge is -2.11. The lowest BCUT2D eigenvalue weighted by Crippen LogP contribution is -2.13. The largest absolute Gasteiger partial charge is 0.361 e. The van der Waals surface area contributed by atoms with Gasteiger partial charge < -0.3 is 10.1 Å². The quantitative estimate of drug-likeness (QED) is 0.341. The fourth-order valence-corrected chi connectivity index (χ4v) is 2.98. The molecule has 0 saturated carbocycles. The van der Waals surface area contributed by atoms with E-state index in [0.29, 0.717) is 11.9 Å². The maximum absolute atomic E-state index is 12.4. The van der Waals surface area contributed by atoms with E-state index in [2.05, 4.69) is 4.79 Å². The first-order valence-corrected chi connectivity index (χ1v) is 6.27. The van der Waals surface area contributed by atoms with Gasteiger partial charge in [-0.3, -0.25) is 4.57 Å². The van der Waals surface area contributed by atoms with Crippen molar-refractivity contribution in [3.63, 3.8) is 0 Å². The van der Waals surface area contributed by atoms with E-state index < -0.39 is 7.37 Å². The van der Waals surface area contributed by atoms with Gasteiger partial charge in [-0.1, -0.05) is 18.2 Å². The highest BCUT2D eigenvalue weighted by Gasteiger charge is 2.35. The first-order chi connectivity index (χ1) is 7.15. The zero-order valence-corrected chi connectivity index (χ0v) is 9.65. The molecule has 5 heteroatoms. The fraction of sp³-hybridized carbons (Fsp3) is 0.300. The van der Waals surface area contributed by atoms with Crippen molar-refractivity contribution in [3.05, 3.63) is 35.9 Å². The van der Waals surface area contributed by atoms with Crippen LogP contribution in [0.2, 0.25) is 0 Å². The minimum absolute atomic E-state index is 0.107. The van der Waals surface area contributed by atoms with E-state index in [1.807, 2.05) is 6.07 Å². The van der Waals surface area contributed by atoms with Crippen LogP contribution in [0.4, 0.5) is 0 Å². The Kier molecular flexibility index (Phi) is 3.98. The van der Waals surface area contributed by atoms with Crippen LogP contribution in [-0.4, -0.2) is 16.8 Å². The van der Waals surface area contributed by atoms with E-state index >= 15 is 0 Å². The third kappa shape index (κ3) is 2.42. The van der Waals surface area contributed by atoms with Gasteiger partial charge in [-0.25, -0.2) is 0 Å². The van der Waals surface area contributed by atoms with Gasteiger partial charge in [-0.2, -0.15) is 4.79 Å². The van der Waals surface area contributed by atoms with Gasteiger partial charge in [-0.15, -0.1) is 0 Å². The zero-order chi connectivity index (χ0) is 11.3. The molecule has 80 valence electrons. The first kappa shape index (κ1) is 11.9. The average Bonchev–Trinajstić information content (AvgIpc) is 2.29. The summed E-state index contributed by atoms with van der Waals surface area (Å²) >= 11 is 0. The Morgan fingerprint density at radius 2 is 2.07 bits per heavy atom. The summed E-state index contributed by atoms with van der Waals surface area (Å²) < 4.78 is 17.7. The van der Waals surface area contributed by atoms with E-state index in [1.54, 1.807) is 31.2 Å². The molecule has 0 heterocycles. The molecule has 0 spiro atoms. The van der Waals surface area contributed by atoms with Crippen LogP contribution in [0.25, 0.3) is 5.53 Å². The van der Waals surface area contributed by atoms with Gasteiger partial charge in [0.15, 0.2) is 0 Å². The number of benzene rings is 1. The van der Waals surface area contributed by atoms with E-state index in [-0.39, 0.29) is 5.45 Å². The van der Waals surface area contributed by atoms with Crippen LogP contribution < -0.4 is 5.30 Å². The van der Waals surface area contributed by atoms with Crippen molar-refractivity contribution in [1.29, 1.82) is 0 Å². The van der Waals surface area contributed by atoms with Crippen LogP contribution in [0.5, 0.6) is 0 Å². The lowest BCUT2D eigenvalue weighted by molar-refractivity contribution is -0.00230. The first-order valence-electron chi connectivity index (χ1n) is 4.64. The molecule has 0 fully saturated rings. The third-order valence-corrected chi connectivity index (χ3v) is 4.52. The molecular weight excluding hydrogens is 211 g/mol. The predicted octanol–water partition coefficient (Wildman–Crippen LogP) is 2.27. The number of hydrogen-bond donors (Lipinski definition) is 0. The summed E-state index contributed by atoms with van der Waals surface area (Å²) in [6, 6.07) is 8.76. The van der Waals surface area contributed by atoms with Crippen molar-refractivity contribution in [2.24, 2.45) is 0 Å². The van der Waals surface area contributed by atoms with E-state index in [1.165, 1.54) is 6.92 Å². The Bertz CT molecular complexity index is 424. The molecule has 15 heavy (non-hydrogen) atoms. The topological polar surface area (TPSA) is 62.7 Å². The molecule has 0 bridgehead atoms. The van der Waals surface area contributed by atoms with Crippen molar-refractivity contribution in [2.45, 2.75) is 13.8 Å². The lowest BCUT2D eigenvalue weighted by atomic mass is 10.4. The van der Waals surface area contributed by atoms with Crippen LogP contribution in [0.15, 0.2) is 30.3 Å². The highest BCUT2D eigenvalue weighted by Crippen LogP contribution is 2.46. The standard InChI is InChI=1S/C10H13N2O2P/c1-3-14-15(13,9(2)12-11)10-7-5-4-6-8-10/h4-8H,3H2,1-2H3. The van der Waals surface area contributed by atoms with Crippen molar-refractivity contribution in [2.75, 3.05) is 6.61 Å². The molecule has 0 aliphatic carbocycles. The Labute approximate surface area is 89.0 Å². The van der Waals surface area contributed by atoms with Crippen LogP contribution in [-0.2, 0) is 9.09 Å². The molecule has 0 aromatic heterocycles. The molecule has 0 aliphatic rings. The van der Waals surface area contributed by atoms with Gasteiger partial charge in [0.05, 0.1) is 6.61 Å². The monoisotopic (exact) mass is 224 g/mol. The van der Waals surface area contributed by atoms with E-state index in [4.69, 9.17) is 10.1 Å². The minimum Gasteiger partial charge on any atom is -0.361 e. The van der Waals surface area contributed by atoms with Gasteiger partial charge in [0, 0.05) is 12.2 Å². The van der Waals surface area contributed by atoms with Crippen molar-refractivity contribution < 1.29 is 13.9 Å². The smallest absolute Gasteiger partial charge is 0.352 e. The van der Waals surface area contributed by atoms with Gasteiger partial charge >= 0.3 is 12.8 Å². The van der Waals surface area contributed by atoms with Crippen LogP contribution in [0, 0.1) is 0 Å². The molecule has 0 N–H and O–H groups in total. The van der Waals surface area contributed by atoms with Crippen molar-refractivity contribution in [3.8, 4) is 0 Å². The Hall–Kier alpha value is -1.21. The maximum Gasteiger partial charge on any atom is 0.352 e. The minimum atomic E-state index is -3.16. The van der Waals surface area contributed by atoms with Crippen molar-refractivity contribution in [1.82, 2.24) is 0 Å². The molecule has 1 atom stereocenters. The summed E-state index contributed by atoms with van der Waals surface area (Å²) in [5.41, 5.74) is 8.80. The third-order valence-electron chi connectivity index (χ3n) is 1.98. The Morgan fingerprint density at radius 1 is 1.47 bits per heavy atom. The average molecular weight is 224 g/mol. The highest BCUT2D eigenvalue weighted by molar-refractivity contribution is 7.82. The molecule has 4 nitrogen and oxygen atoms in total. The summed E-state index contributed by atoms with van der Waals surface area (Å²) in [7, 11) is -3.16. The molecule has 0 amide bonds. The second-order valence-electron chi connectivity index (χ2n) is 2.95. The molecular formula is C10H13N2O2P. The van der Waals surface area contributed by atoms with Crippen LogP contribution >= 0.6 is 7.37 Å². The number of rotatable bonds is 4. The second kappa shape index (κ2) is 5.04. The molecule has 1 unspecified atom stereocenters.